The highest BCUT2D eigenvalue weighted by atomic mass is 32.1. The summed E-state index contributed by atoms with van der Waals surface area (Å²) in [6.45, 7) is 8.36. The van der Waals surface area contributed by atoms with Crippen molar-refractivity contribution in [1.82, 2.24) is 25.1 Å². The Hall–Kier alpha value is -1.01. The summed E-state index contributed by atoms with van der Waals surface area (Å²) < 4.78 is 1.89. The molecule has 0 amide bonds. The zero-order valence-corrected chi connectivity index (χ0v) is 11.9. The second-order valence-electron chi connectivity index (χ2n) is 6.04. The summed E-state index contributed by atoms with van der Waals surface area (Å²) in [5, 5.41) is 17.6. The van der Waals surface area contributed by atoms with Crippen LogP contribution in [0.2, 0.25) is 0 Å². The molecule has 1 aliphatic rings. The molecule has 18 heavy (non-hydrogen) atoms. The van der Waals surface area contributed by atoms with Crippen molar-refractivity contribution in [1.29, 1.82) is 0 Å². The summed E-state index contributed by atoms with van der Waals surface area (Å²) in [6, 6.07) is 0. The van der Waals surface area contributed by atoms with Gasteiger partial charge in [-0.3, -0.25) is 0 Å². The van der Waals surface area contributed by atoms with Crippen molar-refractivity contribution in [3.63, 3.8) is 0 Å². The minimum Gasteiger partial charge on any atom is -0.310 e. The van der Waals surface area contributed by atoms with E-state index < -0.39 is 0 Å². The highest BCUT2D eigenvalue weighted by Gasteiger charge is 2.23. The van der Waals surface area contributed by atoms with Crippen LogP contribution in [0.1, 0.15) is 44.4 Å². The number of nitrogens with one attached hydrogen (secondary N) is 1. The molecule has 2 aromatic rings. The number of hydrogen-bond donors (Lipinski definition) is 1. The van der Waals surface area contributed by atoms with Crippen LogP contribution in [0.5, 0.6) is 0 Å². The summed E-state index contributed by atoms with van der Waals surface area (Å²) in [5.74, 6) is 1.84. The van der Waals surface area contributed by atoms with Crippen molar-refractivity contribution in [3.8, 4) is 0 Å². The molecule has 0 radical (unpaired) electrons. The van der Waals surface area contributed by atoms with Gasteiger partial charge in [-0.05, 0) is 25.3 Å². The van der Waals surface area contributed by atoms with Crippen LogP contribution in [0.4, 0.5) is 0 Å². The Labute approximate surface area is 111 Å². The molecule has 0 aliphatic heterocycles. The maximum absolute atomic E-state index is 4.60. The van der Waals surface area contributed by atoms with Crippen LogP contribution in [0, 0.1) is 5.92 Å². The molecule has 1 N–H and O–H groups in total. The SMILES string of the molecule is CC(C)(C)c1nnc2sc(CNCC3CC3)nn12. The zero-order valence-electron chi connectivity index (χ0n) is 11.1. The quantitative estimate of drug-likeness (QED) is 0.918. The van der Waals surface area contributed by atoms with E-state index in [1.165, 1.54) is 12.8 Å². The Morgan fingerprint density at radius 1 is 1.33 bits per heavy atom. The van der Waals surface area contributed by atoms with Gasteiger partial charge in [-0.1, -0.05) is 32.1 Å². The smallest absolute Gasteiger partial charge is 0.234 e. The van der Waals surface area contributed by atoms with E-state index in [9.17, 15) is 0 Å². The first-order valence-corrected chi connectivity index (χ1v) is 7.28. The molecule has 1 aliphatic carbocycles. The van der Waals surface area contributed by atoms with E-state index in [0.29, 0.717) is 0 Å². The maximum atomic E-state index is 4.60. The van der Waals surface area contributed by atoms with Gasteiger partial charge in [0.2, 0.25) is 4.96 Å². The van der Waals surface area contributed by atoms with Crippen LogP contribution < -0.4 is 5.32 Å². The number of aromatic nitrogens is 4. The second kappa shape index (κ2) is 4.28. The molecule has 0 spiro atoms. The fourth-order valence-electron chi connectivity index (χ4n) is 1.90. The van der Waals surface area contributed by atoms with E-state index in [1.807, 2.05) is 4.52 Å². The lowest BCUT2D eigenvalue weighted by Crippen LogP contribution is -2.18. The van der Waals surface area contributed by atoms with Crippen LogP contribution >= 0.6 is 11.3 Å². The van der Waals surface area contributed by atoms with Gasteiger partial charge in [-0.15, -0.1) is 10.2 Å². The zero-order chi connectivity index (χ0) is 12.8. The normalized spacial score (nSPS) is 16.6. The lowest BCUT2D eigenvalue weighted by Gasteiger charge is -2.13. The van der Waals surface area contributed by atoms with Gasteiger partial charge in [0.05, 0.1) is 0 Å². The first-order valence-electron chi connectivity index (χ1n) is 6.46. The minimum absolute atomic E-state index is 0.0216. The average molecular weight is 265 g/mol. The van der Waals surface area contributed by atoms with Gasteiger partial charge in [-0.2, -0.15) is 9.61 Å². The van der Waals surface area contributed by atoms with Gasteiger partial charge in [0.25, 0.3) is 0 Å². The summed E-state index contributed by atoms with van der Waals surface area (Å²) in [6.07, 6.45) is 2.76. The molecule has 0 unspecified atom stereocenters. The average Bonchev–Trinajstić information content (AvgIpc) is 2.84. The van der Waals surface area contributed by atoms with Crippen LogP contribution in [0.3, 0.4) is 0 Å². The molecule has 98 valence electrons. The van der Waals surface area contributed by atoms with E-state index in [0.717, 1.165) is 34.8 Å². The predicted octanol–water partition coefficient (Wildman–Crippen LogP) is 1.98. The van der Waals surface area contributed by atoms with Crippen LogP contribution in [0.15, 0.2) is 0 Å². The third-order valence-corrected chi connectivity index (χ3v) is 4.01. The molecule has 2 heterocycles. The molecule has 0 bridgehead atoms. The van der Waals surface area contributed by atoms with Gasteiger partial charge < -0.3 is 5.32 Å². The van der Waals surface area contributed by atoms with Crippen LogP contribution in [-0.4, -0.2) is 26.4 Å². The van der Waals surface area contributed by atoms with Crippen molar-refractivity contribution in [2.75, 3.05) is 6.54 Å². The number of rotatable bonds is 4. The Kier molecular flexibility index (Phi) is 2.86. The van der Waals surface area contributed by atoms with E-state index in [2.05, 4.69) is 41.4 Å². The molecule has 0 atom stereocenters. The highest BCUT2D eigenvalue weighted by Crippen LogP contribution is 2.28. The molecule has 3 rings (SSSR count). The van der Waals surface area contributed by atoms with Crippen molar-refractivity contribution in [3.05, 3.63) is 10.8 Å². The van der Waals surface area contributed by atoms with Gasteiger partial charge >= 0.3 is 0 Å². The topological polar surface area (TPSA) is 55.1 Å². The molecule has 6 heteroatoms. The summed E-state index contributed by atoms with van der Waals surface area (Å²) in [5.41, 5.74) is -0.0216. The fourth-order valence-corrected chi connectivity index (χ4v) is 2.70. The molecule has 0 aromatic carbocycles. The fraction of sp³-hybridized carbons (Fsp3) is 0.750. The Balaban J connectivity index is 1.75. The summed E-state index contributed by atoms with van der Waals surface area (Å²) >= 11 is 1.62. The molecule has 1 fully saturated rings. The maximum Gasteiger partial charge on any atom is 0.234 e. The Morgan fingerprint density at radius 3 is 2.78 bits per heavy atom. The molecular formula is C12H19N5S. The molecule has 5 nitrogen and oxygen atoms in total. The van der Waals surface area contributed by atoms with E-state index in [-0.39, 0.29) is 5.41 Å². The van der Waals surface area contributed by atoms with Crippen molar-refractivity contribution < 1.29 is 0 Å². The van der Waals surface area contributed by atoms with Crippen LogP contribution in [0.25, 0.3) is 4.96 Å². The molecule has 1 saturated carbocycles. The number of fused-ring (bicyclic) bond motifs is 1. The second-order valence-corrected chi connectivity index (χ2v) is 7.08. The van der Waals surface area contributed by atoms with E-state index in [1.54, 1.807) is 11.3 Å². The van der Waals surface area contributed by atoms with E-state index >= 15 is 0 Å². The van der Waals surface area contributed by atoms with Gasteiger partial charge in [0, 0.05) is 12.0 Å². The third kappa shape index (κ3) is 2.40. The minimum atomic E-state index is -0.0216. The summed E-state index contributed by atoms with van der Waals surface area (Å²) in [4.78, 5) is 0.892. The standard InChI is InChI=1S/C12H19N5S/c1-12(2,3)10-14-15-11-17(10)16-9(18-11)7-13-6-8-4-5-8/h8,13H,4-7H2,1-3H3. The number of nitrogens with zero attached hydrogens (tertiary/aromatic N) is 4. The molecule has 0 saturated heterocycles. The van der Waals surface area contributed by atoms with Crippen molar-refractivity contribution in [2.45, 2.75) is 45.6 Å². The van der Waals surface area contributed by atoms with Crippen LogP contribution in [-0.2, 0) is 12.0 Å². The first kappa shape index (κ1) is 12.0. The van der Waals surface area contributed by atoms with Crippen molar-refractivity contribution >= 4 is 16.3 Å². The number of hydrogen-bond acceptors (Lipinski definition) is 5. The van der Waals surface area contributed by atoms with Crippen molar-refractivity contribution in [2.24, 2.45) is 5.92 Å². The monoisotopic (exact) mass is 265 g/mol. The van der Waals surface area contributed by atoms with Gasteiger partial charge in [-0.25, -0.2) is 0 Å². The Morgan fingerprint density at radius 2 is 2.11 bits per heavy atom. The summed E-state index contributed by atoms with van der Waals surface area (Å²) in [7, 11) is 0. The first-order chi connectivity index (χ1) is 8.54. The van der Waals surface area contributed by atoms with E-state index in [4.69, 9.17) is 0 Å². The lowest BCUT2D eigenvalue weighted by molar-refractivity contribution is 0.525. The predicted molar refractivity (Wildman–Crippen MR) is 71.8 cm³/mol. The third-order valence-electron chi connectivity index (χ3n) is 3.11. The Bertz CT molecular complexity index is 546. The highest BCUT2D eigenvalue weighted by molar-refractivity contribution is 7.16. The van der Waals surface area contributed by atoms with Gasteiger partial charge in [0.1, 0.15) is 5.01 Å². The molecule has 2 aromatic heterocycles. The van der Waals surface area contributed by atoms with Gasteiger partial charge in [0.15, 0.2) is 5.82 Å². The largest absolute Gasteiger partial charge is 0.310 e. The lowest BCUT2D eigenvalue weighted by atomic mass is 9.96. The molecular weight excluding hydrogens is 246 g/mol.